The Morgan fingerprint density at radius 2 is 2.35 bits per heavy atom. The standard InChI is InChI=1S/C16H26N2O2/c1-3-13-6-4-7-14(10-13)18-12(2)16(19)17-11-15-8-5-9-20-15/h5,8-9,12-14,18H,3-4,6-7,10-11H2,1-2H3,(H,17,19). The average molecular weight is 278 g/mol. The topological polar surface area (TPSA) is 54.3 Å². The molecular formula is C16H26N2O2. The summed E-state index contributed by atoms with van der Waals surface area (Å²) in [6.07, 6.45) is 7.87. The van der Waals surface area contributed by atoms with Crippen LogP contribution >= 0.6 is 0 Å². The SMILES string of the molecule is CCC1CCCC(NC(C)C(=O)NCc2ccco2)C1. The number of carbonyl (C=O) groups excluding carboxylic acids is 1. The average Bonchev–Trinajstić information content (AvgIpc) is 2.98. The van der Waals surface area contributed by atoms with Crippen LogP contribution in [0.3, 0.4) is 0 Å². The maximum Gasteiger partial charge on any atom is 0.237 e. The van der Waals surface area contributed by atoms with Gasteiger partial charge in [0.05, 0.1) is 18.8 Å². The van der Waals surface area contributed by atoms with Crippen molar-refractivity contribution in [3.63, 3.8) is 0 Å². The van der Waals surface area contributed by atoms with E-state index in [0.717, 1.165) is 11.7 Å². The predicted octanol–water partition coefficient (Wildman–Crippen LogP) is 2.84. The van der Waals surface area contributed by atoms with Crippen LogP contribution in [0.25, 0.3) is 0 Å². The van der Waals surface area contributed by atoms with Gasteiger partial charge in [-0.2, -0.15) is 0 Å². The van der Waals surface area contributed by atoms with Crippen LogP contribution in [-0.4, -0.2) is 18.0 Å². The van der Waals surface area contributed by atoms with E-state index in [9.17, 15) is 4.79 Å². The highest BCUT2D eigenvalue weighted by Gasteiger charge is 2.23. The zero-order valence-electron chi connectivity index (χ0n) is 12.5. The third-order valence-electron chi connectivity index (χ3n) is 4.26. The smallest absolute Gasteiger partial charge is 0.237 e. The number of amides is 1. The van der Waals surface area contributed by atoms with Gasteiger partial charge < -0.3 is 15.1 Å². The Hall–Kier alpha value is -1.29. The minimum atomic E-state index is -0.148. The van der Waals surface area contributed by atoms with Crippen molar-refractivity contribution in [2.45, 2.75) is 64.6 Å². The van der Waals surface area contributed by atoms with E-state index < -0.39 is 0 Å². The summed E-state index contributed by atoms with van der Waals surface area (Å²) >= 11 is 0. The van der Waals surface area contributed by atoms with E-state index >= 15 is 0 Å². The molecule has 2 rings (SSSR count). The van der Waals surface area contributed by atoms with Gasteiger partial charge >= 0.3 is 0 Å². The Bertz CT molecular complexity index is 403. The molecule has 0 radical (unpaired) electrons. The van der Waals surface area contributed by atoms with Crippen molar-refractivity contribution >= 4 is 5.91 Å². The largest absolute Gasteiger partial charge is 0.467 e. The summed E-state index contributed by atoms with van der Waals surface area (Å²) in [5, 5.41) is 6.37. The molecule has 1 fully saturated rings. The van der Waals surface area contributed by atoms with E-state index in [1.165, 1.54) is 32.1 Å². The normalized spacial score (nSPS) is 24.3. The number of hydrogen-bond donors (Lipinski definition) is 2. The lowest BCUT2D eigenvalue weighted by molar-refractivity contribution is -0.123. The van der Waals surface area contributed by atoms with Crippen molar-refractivity contribution in [3.8, 4) is 0 Å². The summed E-state index contributed by atoms with van der Waals surface area (Å²) in [6, 6.07) is 4.03. The maximum absolute atomic E-state index is 12.0. The Kier molecular flexibility index (Phi) is 5.65. The molecule has 112 valence electrons. The number of carbonyl (C=O) groups is 1. The van der Waals surface area contributed by atoms with Crippen LogP contribution in [0.15, 0.2) is 22.8 Å². The number of rotatable bonds is 6. The number of hydrogen-bond acceptors (Lipinski definition) is 3. The molecule has 0 saturated heterocycles. The summed E-state index contributed by atoms with van der Waals surface area (Å²) in [5.41, 5.74) is 0. The Balaban J connectivity index is 1.73. The van der Waals surface area contributed by atoms with Crippen molar-refractivity contribution in [1.29, 1.82) is 0 Å². The highest BCUT2D eigenvalue weighted by molar-refractivity contribution is 5.81. The molecule has 0 aromatic carbocycles. The summed E-state index contributed by atoms with van der Waals surface area (Å²) in [4.78, 5) is 12.0. The van der Waals surface area contributed by atoms with E-state index in [0.29, 0.717) is 12.6 Å². The van der Waals surface area contributed by atoms with Crippen LogP contribution in [0, 0.1) is 5.92 Å². The zero-order chi connectivity index (χ0) is 14.4. The van der Waals surface area contributed by atoms with Gasteiger partial charge in [-0.3, -0.25) is 4.79 Å². The van der Waals surface area contributed by atoms with Gasteiger partial charge in [0, 0.05) is 6.04 Å². The highest BCUT2D eigenvalue weighted by Crippen LogP contribution is 2.26. The van der Waals surface area contributed by atoms with Gasteiger partial charge in [0.25, 0.3) is 0 Å². The fourth-order valence-corrected chi connectivity index (χ4v) is 2.98. The van der Waals surface area contributed by atoms with Crippen LogP contribution in [-0.2, 0) is 11.3 Å². The van der Waals surface area contributed by atoms with E-state index in [1.807, 2.05) is 19.1 Å². The molecule has 4 nitrogen and oxygen atoms in total. The Morgan fingerprint density at radius 3 is 3.05 bits per heavy atom. The molecule has 1 heterocycles. The first-order valence-electron chi connectivity index (χ1n) is 7.75. The molecule has 1 aromatic heterocycles. The third-order valence-corrected chi connectivity index (χ3v) is 4.26. The Morgan fingerprint density at radius 1 is 1.50 bits per heavy atom. The molecule has 0 aliphatic heterocycles. The van der Waals surface area contributed by atoms with Gasteiger partial charge in [-0.05, 0) is 37.8 Å². The van der Waals surface area contributed by atoms with Crippen molar-refractivity contribution in [1.82, 2.24) is 10.6 Å². The quantitative estimate of drug-likeness (QED) is 0.841. The van der Waals surface area contributed by atoms with Gasteiger partial charge in [-0.1, -0.05) is 26.2 Å². The minimum absolute atomic E-state index is 0.0417. The highest BCUT2D eigenvalue weighted by atomic mass is 16.3. The van der Waals surface area contributed by atoms with Crippen LogP contribution < -0.4 is 10.6 Å². The van der Waals surface area contributed by atoms with Crippen molar-refractivity contribution in [2.75, 3.05) is 0 Å². The molecule has 20 heavy (non-hydrogen) atoms. The van der Waals surface area contributed by atoms with Crippen LogP contribution in [0.2, 0.25) is 0 Å². The molecule has 1 aliphatic carbocycles. The second kappa shape index (κ2) is 7.48. The molecule has 1 aromatic rings. The second-order valence-electron chi connectivity index (χ2n) is 5.82. The molecular weight excluding hydrogens is 252 g/mol. The first-order chi connectivity index (χ1) is 9.69. The molecule has 0 bridgehead atoms. The van der Waals surface area contributed by atoms with Gasteiger partial charge in [-0.15, -0.1) is 0 Å². The minimum Gasteiger partial charge on any atom is -0.467 e. The van der Waals surface area contributed by atoms with Crippen LogP contribution in [0.4, 0.5) is 0 Å². The van der Waals surface area contributed by atoms with Gasteiger partial charge in [-0.25, -0.2) is 0 Å². The molecule has 1 aliphatic rings. The first-order valence-corrected chi connectivity index (χ1v) is 7.75. The fraction of sp³-hybridized carbons (Fsp3) is 0.688. The summed E-state index contributed by atoms with van der Waals surface area (Å²) < 4.78 is 5.21. The monoisotopic (exact) mass is 278 g/mol. The van der Waals surface area contributed by atoms with E-state index in [2.05, 4.69) is 17.6 Å². The summed E-state index contributed by atoms with van der Waals surface area (Å²) in [6.45, 7) is 4.65. The molecule has 3 unspecified atom stereocenters. The van der Waals surface area contributed by atoms with Crippen LogP contribution in [0.5, 0.6) is 0 Å². The summed E-state index contributed by atoms with van der Waals surface area (Å²) in [7, 11) is 0. The third kappa shape index (κ3) is 4.37. The summed E-state index contributed by atoms with van der Waals surface area (Å²) in [5.74, 6) is 1.65. The maximum atomic E-state index is 12.0. The molecule has 0 spiro atoms. The first kappa shape index (κ1) is 15.1. The van der Waals surface area contributed by atoms with E-state index in [-0.39, 0.29) is 11.9 Å². The predicted molar refractivity (Wildman–Crippen MR) is 79.2 cm³/mol. The van der Waals surface area contributed by atoms with Crippen LogP contribution in [0.1, 0.15) is 51.7 Å². The number of nitrogens with one attached hydrogen (secondary N) is 2. The molecule has 4 heteroatoms. The van der Waals surface area contributed by atoms with E-state index in [1.54, 1.807) is 6.26 Å². The molecule has 1 amide bonds. The van der Waals surface area contributed by atoms with Crippen molar-refractivity contribution in [2.24, 2.45) is 5.92 Å². The molecule has 1 saturated carbocycles. The van der Waals surface area contributed by atoms with Crippen molar-refractivity contribution in [3.05, 3.63) is 24.2 Å². The lowest BCUT2D eigenvalue weighted by Crippen LogP contribution is -2.47. The second-order valence-corrected chi connectivity index (χ2v) is 5.82. The van der Waals surface area contributed by atoms with E-state index in [4.69, 9.17) is 4.42 Å². The van der Waals surface area contributed by atoms with Crippen molar-refractivity contribution < 1.29 is 9.21 Å². The fourth-order valence-electron chi connectivity index (χ4n) is 2.98. The lowest BCUT2D eigenvalue weighted by atomic mass is 9.84. The van der Waals surface area contributed by atoms with Gasteiger partial charge in [0.1, 0.15) is 5.76 Å². The lowest BCUT2D eigenvalue weighted by Gasteiger charge is -2.31. The molecule has 3 atom stereocenters. The zero-order valence-corrected chi connectivity index (χ0v) is 12.5. The van der Waals surface area contributed by atoms with Gasteiger partial charge in [0.15, 0.2) is 0 Å². The number of furan rings is 1. The molecule has 2 N–H and O–H groups in total. The Labute approximate surface area is 121 Å². The van der Waals surface area contributed by atoms with Gasteiger partial charge in [0.2, 0.25) is 5.91 Å².